The lowest BCUT2D eigenvalue weighted by Crippen LogP contribution is -2.44. The lowest BCUT2D eigenvalue weighted by Gasteiger charge is -2.34. The molecule has 1 aliphatic heterocycles. The normalized spacial score (nSPS) is 13.8. The van der Waals surface area contributed by atoms with E-state index in [2.05, 4.69) is 71.0 Å². The number of aromatic nitrogens is 4. The summed E-state index contributed by atoms with van der Waals surface area (Å²) < 4.78 is 4.97. The molecule has 4 heterocycles. The molecule has 11 nitrogen and oxygen atoms in total. The second-order valence-corrected chi connectivity index (χ2v) is 8.38. The number of pyridine rings is 1. The summed E-state index contributed by atoms with van der Waals surface area (Å²) in [7, 11) is 2.14. The quantitative estimate of drug-likeness (QED) is 0.355. The molecule has 3 N–H and O–H groups in total. The van der Waals surface area contributed by atoms with E-state index in [0.29, 0.717) is 28.3 Å². The van der Waals surface area contributed by atoms with Crippen LogP contribution in [0.25, 0.3) is 11.0 Å². The zero-order valence-electron chi connectivity index (χ0n) is 19.7. The summed E-state index contributed by atoms with van der Waals surface area (Å²) in [5, 5.41) is 12.8. The van der Waals surface area contributed by atoms with Crippen molar-refractivity contribution in [2.75, 3.05) is 48.8 Å². The van der Waals surface area contributed by atoms with Crippen LogP contribution in [0.4, 0.5) is 27.9 Å². The number of anilines is 4. The van der Waals surface area contributed by atoms with Gasteiger partial charge < -0.3 is 25.0 Å². The van der Waals surface area contributed by atoms with Crippen molar-refractivity contribution in [3.05, 3.63) is 60.1 Å². The lowest BCUT2D eigenvalue weighted by molar-refractivity contribution is 0.250. The molecule has 0 aliphatic carbocycles. The maximum atomic E-state index is 12.3. The Morgan fingerprint density at radius 3 is 2.67 bits per heavy atom. The number of urea groups is 1. The molecule has 3 aromatic heterocycles. The van der Waals surface area contributed by atoms with E-state index in [4.69, 9.17) is 10.9 Å². The molecule has 1 fully saturated rings. The largest absolute Gasteiger partial charge is 0.369 e. The summed E-state index contributed by atoms with van der Waals surface area (Å²) in [6.07, 6.45) is 8.81. The predicted octanol–water partition coefficient (Wildman–Crippen LogP) is 2.81. The van der Waals surface area contributed by atoms with Gasteiger partial charge in [-0.05, 0) is 37.4 Å². The first-order valence-electron chi connectivity index (χ1n) is 11.5. The Kier molecular flexibility index (Phi) is 6.59. The average molecular weight is 484 g/mol. The highest BCUT2D eigenvalue weighted by Gasteiger charge is 2.14. The van der Waals surface area contributed by atoms with E-state index < -0.39 is 6.03 Å². The van der Waals surface area contributed by atoms with Gasteiger partial charge in [0.25, 0.3) is 0 Å². The number of terminal acetylenes is 1. The number of nitrogens with one attached hydrogen (secondary N) is 3. The number of hydrogen-bond acceptors (Lipinski definition) is 9. The molecule has 4 aromatic rings. The van der Waals surface area contributed by atoms with Crippen LogP contribution in [0.5, 0.6) is 0 Å². The van der Waals surface area contributed by atoms with Gasteiger partial charge in [-0.25, -0.2) is 14.8 Å². The smallest absolute Gasteiger partial charge is 0.320 e. The molecular formula is C25H25N9O2. The number of likely N-dealkylation sites (N-methyl/N-ethyl adjacent to an activating group) is 1. The van der Waals surface area contributed by atoms with Gasteiger partial charge in [0.15, 0.2) is 11.4 Å². The highest BCUT2D eigenvalue weighted by Crippen LogP contribution is 2.23. The van der Waals surface area contributed by atoms with Crippen molar-refractivity contribution < 1.29 is 9.32 Å². The number of hydrogen-bond donors (Lipinski definition) is 3. The topological polar surface area (TPSA) is 124 Å². The van der Waals surface area contributed by atoms with Crippen LogP contribution >= 0.6 is 0 Å². The van der Waals surface area contributed by atoms with Crippen molar-refractivity contribution in [3.63, 3.8) is 0 Å². The zero-order valence-corrected chi connectivity index (χ0v) is 19.7. The van der Waals surface area contributed by atoms with Crippen LogP contribution in [0.1, 0.15) is 11.3 Å². The van der Waals surface area contributed by atoms with E-state index in [1.807, 2.05) is 12.1 Å². The van der Waals surface area contributed by atoms with E-state index in [0.717, 1.165) is 31.9 Å². The Labute approximate surface area is 207 Å². The Morgan fingerprint density at radius 1 is 1.14 bits per heavy atom. The van der Waals surface area contributed by atoms with Crippen molar-refractivity contribution in [2.24, 2.45) is 0 Å². The third kappa shape index (κ3) is 5.34. The van der Waals surface area contributed by atoms with E-state index in [-0.39, 0.29) is 12.4 Å². The van der Waals surface area contributed by atoms with Crippen LogP contribution in [0.15, 0.2) is 53.3 Å². The first-order chi connectivity index (χ1) is 17.6. The van der Waals surface area contributed by atoms with Gasteiger partial charge in [-0.1, -0.05) is 11.1 Å². The number of benzene rings is 1. The molecule has 0 unspecified atom stereocenters. The van der Waals surface area contributed by atoms with E-state index in [1.54, 1.807) is 18.3 Å². The van der Waals surface area contributed by atoms with Crippen molar-refractivity contribution >= 4 is 40.2 Å². The number of rotatable bonds is 6. The number of nitrogens with zero attached hydrogens (tertiary/aromatic N) is 6. The van der Waals surface area contributed by atoms with Crippen LogP contribution < -0.4 is 20.9 Å². The summed E-state index contributed by atoms with van der Waals surface area (Å²) in [4.78, 5) is 30.3. The maximum Gasteiger partial charge on any atom is 0.320 e. The minimum atomic E-state index is -0.464. The maximum absolute atomic E-state index is 12.3. The molecule has 0 bridgehead atoms. The molecule has 0 atom stereocenters. The fraction of sp³-hybridized carbons (Fsp3) is 0.240. The first kappa shape index (κ1) is 23.1. The number of carbonyl (C=O) groups is 1. The molecule has 11 heteroatoms. The number of amides is 2. The van der Waals surface area contributed by atoms with Crippen molar-refractivity contribution in [1.29, 1.82) is 0 Å². The Balaban J connectivity index is 1.29. The van der Waals surface area contributed by atoms with Gasteiger partial charge in [-0.15, -0.1) is 6.42 Å². The second kappa shape index (κ2) is 10.3. The highest BCUT2D eigenvalue weighted by molar-refractivity contribution is 5.91. The van der Waals surface area contributed by atoms with Gasteiger partial charge in [-0.2, -0.15) is 4.98 Å². The summed E-state index contributed by atoms with van der Waals surface area (Å²) in [6.45, 7) is 4.31. The monoisotopic (exact) mass is 483 g/mol. The molecule has 1 saturated heterocycles. The van der Waals surface area contributed by atoms with Crippen LogP contribution in [0.2, 0.25) is 0 Å². The minimum absolute atomic E-state index is 0.186. The summed E-state index contributed by atoms with van der Waals surface area (Å²) >= 11 is 0. The molecule has 0 spiro atoms. The number of piperazine rings is 1. The minimum Gasteiger partial charge on any atom is -0.369 e. The van der Waals surface area contributed by atoms with Gasteiger partial charge in [0.2, 0.25) is 5.95 Å². The van der Waals surface area contributed by atoms with Gasteiger partial charge in [0, 0.05) is 55.4 Å². The molecule has 36 heavy (non-hydrogen) atoms. The SMILES string of the molecule is C#Cc1cc(NC(=O)NCc2ccno2)nc2nc(Nc3ccc(N4CCN(C)CC4)cc3)ncc12. The second-order valence-electron chi connectivity index (χ2n) is 8.38. The van der Waals surface area contributed by atoms with Crippen LogP contribution in [0, 0.1) is 12.3 Å². The third-order valence-corrected chi connectivity index (χ3v) is 5.87. The lowest BCUT2D eigenvalue weighted by atomic mass is 10.2. The number of carbonyl (C=O) groups excluding carboxylic acids is 1. The standard InChI is InChI=1S/C25H25N9O2/c1-3-17-14-22(31-25(35)27-15-20-8-9-28-36-20)30-23-21(17)16-26-24(32-23)29-18-4-6-19(7-5-18)34-12-10-33(2)11-13-34/h1,4-9,14,16H,10-13,15H2,2H3,(H3,26,27,29,30,31,32,35). The number of fused-ring (bicyclic) bond motifs is 1. The van der Waals surface area contributed by atoms with E-state index in [9.17, 15) is 4.79 Å². The van der Waals surface area contributed by atoms with Crippen LogP contribution in [-0.2, 0) is 6.54 Å². The summed E-state index contributed by atoms with van der Waals surface area (Å²) in [5.74, 6) is 3.78. The molecule has 182 valence electrons. The molecule has 5 rings (SSSR count). The van der Waals surface area contributed by atoms with Gasteiger partial charge in [0.05, 0.1) is 18.1 Å². The van der Waals surface area contributed by atoms with E-state index in [1.165, 1.54) is 11.9 Å². The molecule has 2 amide bonds. The third-order valence-electron chi connectivity index (χ3n) is 5.87. The van der Waals surface area contributed by atoms with Crippen molar-refractivity contribution in [1.82, 2.24) is 30.3 Å². The highest BCUT2D eigenvalue weighted by atomic mass is 16.5. The van der Waals surface area contributed by atoms with Crippen molar-refractivity contribution in [2.45, 2.75) is 6.54 Å². The van der Waals surface area contributed by atoms with Gasteiger partial charge >= 0.3 is 6.03 Å². The Hall–Kier alpha value is -4.69. The van der Waals surface area contributed by atoms with Gasteiger partial charge in [0.1, 0.15) is 5.82 Å². The fourth-order valence-electron chi connectivity index (χ4n) is 3.86. The molecule has 0 radical (unpaired) electrons. The average Bonchev–Trinajstić information content (AvgIpc) is 3.42. The molecular weight excluding hydrogens is 458 g/mol. The Bertz CT molecular complexity index is 1390. The van der Waals surface area contributed by atoms with E-state index >= 15 is 0 Å². The summed E-state index contributed by atoms with van der Waals surface area (Å²) in [5.41, 5.74) is 2.92. The Morgan fingerprint density at radius 2 is 1.94 bits per heavy atom. The van der Waals surface area contributed by atoms with Gasteiger partial charge in [-0.3, -0.25) is 5.32 Å². The molecule has 0 saturated carbocycles. The zero-order chi connectivity index (χ0) is 24.9. The summed E-state index contributed by atoms with van der Waals surface area (Å²) in [6, 6.07) is 11.0. The first-order valence-corrected chi connectivity index (χ1v) is 11.5. The van der Waals surface area contributed by atoms with Crippen LogP contribution in [-0.4, -0.2) is 64.3 Å². The van der Waals surface area contributed by atoms with Crippen LogP contribution in [0.3, 0.4) is 0 Å². The van der Waals surface area contributed by atoms with Crippen molar-refractivity contribution in [3.8, 4) is 12.3 Å². The predicted molar refractivity (Wildman–Crippen MR) is 137 cm³/mol. The molecule has 1 aromatic carbocycles. The fourth-order valence-corrected chi connectivity index (χ4v) is 3.86. The molecule has 1 aliphatic rings.